The van der Waals surface area contributed by atoms with Crippen LogP contribution in [0.1, 0.15) is 17.4 Å². The van der Waals surface area contributed by atoms with Crippen molar-refractivity contribution in [1.82, 2.24) is 5.32 Å². The Morgan fingerprint density at radius 2 is 2.16 bits per heavy atom. The Morgan fingerprint density at radius 3 is 2.79 bits per heavy atom. The van der Waals surface area contributed by atoms with Crippen molar-refractivity contribution in [1.29, 1.82) is 0 Å². The van der Waals surface area contributed by atoms with Crippen LogP contribution in [0.4, 0.5) is 10.1 Å². The Morgan fingerprint density at radius 1 is 1.32 bits per heavy atom. The average Bonchev–Trinajstić information content (AvgIpc) is 2.89. The fourth-order valence-corrected chi connectivity index (χ4v) is 2.72. The Labute approximate surface area is 117 Å². The van der Waals surface area contributed by atoms with Gasteiger partial charge in [-0.3, -0.25) is 0 Å². The molecule has 0 radical (unpaired) electrons. The number of rotatable bonds is 6. The molecule has 0 spiro atoms. The number of anilines is 1. The first-order valence-electron chi connectivity index (χ1n) is 6.43. The highest BCUT2D eigenvalue weighted by Gasteiger charge is 2.09. The minimum Gasteiger partial charge on any atom is -0.367 e. The van der Waals surface area contributed by atoms with Crippen molar-refractivity contribution < 1.29 is 4.39 Å². The van der Waals surface area contributed by atoms with Gasteiger partial charge in [-0.15, -0.1) is 11.3 Å². The van der Waals surface area contributed by atoms with E-state index in [-0.39, 0.29) is 5.82 Å². The summed E-state index contributed by atoms with van der Waals surface area (Å²) in [7, 11) is 1.92. The van der Waals surface area contributed by atoms with E-state index in [1.165, 1.54) is 4.88 Å². The summed E-state index contributed by atoms with van der Waals surface area (Å²) >= 11 is 1.69. The van der Waals surface area contributed by atoms with Gasteiger partial charge in [-0.2, -0.15) is 0 Å². The summed E-state index contributed by atoms with van der Waals surface area (Å²) in [6.07, 6.45) is 0. The zero-order valence-corrected chi connectivity index (χ0v) is 12.1. The van der Waals surface area contributed by atoms with Gasteiger partial charge in [0.2, 0.25) is 0 Å². The molecule has 2 rings (SSSR count). The van der Waals surface area contributed by atoms with Gasteiger partial charge in [0.1, 0.15) is 5.82 Å². The van der Waals surface area contributed by atoms with Gasteiger partial charge in [-0.1, -0.05) is 19.1 Å². The molecule has 2 aromatic rings. The van der Waals surface area contributed by atoms with E-state index in [1.54, 1.807) is 17.4 Å². The maximum absolute atomic E-state index is 14.1. The molecule has 102 valence electrons. The highest BCUT2D eigenvalue weighted by molar-refractivity contribution is 7.09. The van der Waals surface area contributed by atoms with Crippen LogP contribution in [0.25, 0.3) is 0 Å². The van der Waals surface area contributed by atoms with Crippen molar-refractivity contribution in [2.45, 2.75) is 20.0 Å². The fourth-order valence-electron chi connectivity index (χ4n) is 1.96. The van der Waals surface area contributed by atoms with Crippen LogP contribution in [0.3, 0.4) is 0 Å². The number of hydrogen-bond donors (Lipinski definition) is 1. The van der Waals surface area contributed by atoms with Gasteiger partial charge in [0.05, 0.1) is 12.2 Å². The van der Waals surface area contributed by atoms with E-state index in [9.17, 15) is 4.39 Å². The summed E-state index contributed by atoms with van der Waals surface area (Å²) in [5.41, 5.74) is 1.63. The number of thiophene rings is 1. The smallest absolute Gasteiger partial charge is 0.146 e. The lowest BCUT2D eigenvalue weighted by atomic mass is 10.2. The van der Waals surface area contributed by atoms with E-state index in [1.807, 2.05) is 42.5 Å². The van der Waals surface area contributed by atoms with Gasteiger partial charge in [0.25, 0.3) is 0 Å². The van der Waals surface area contributed by atoms with Crippen LogP contribution >= 0.6 is 11.3 Å². The molecule has 2 nitrogen and oxygen atoms in total. The Bertz CT molecular complexity index is 511. The largest absolute Gasteiger partial charge is 0.367 e. The third kappa shape index (κ3) is 3.78. The summed E-state index contributed by atoms with van der Waals surface area (Å²) in [5, 5.41) is 5.24. The third-order valence-electron chi connectivity index (χ3n) is 2.98. The van der Waals surface area contributed by atoms with E-state index < -0.39 is 0 Å². The molecule has 0 fully saturated rings. The molecule has 0 aliphatic heterocycles. The van der Waals surface area contributed by atoms with Crippen molar-refractivity contribution in [3.8, 4) is 0 Å². The zero-order valence-electron chi connectivity index (χ0n) is 11.3. The molecule has 0 saturated carbocycles. The van der Waals surface area contributed by atoms with Crippen LogP contribution < -0.4 is 10.2 Å². The number of halogens is 1. The Hall–Kier alpha value is -1.39. The first kappa shape index (κ1) is 14.0. The van der Waals surface area contributed by atoms with Crippen molar-refractivity contribution in [2.24, 2.45) is 0 Å². The van der Waals surface area contributed by atoms with E-state index >= 15 is 0 Å². The molecule has 1 heterocycles. The van der Waals surface area contributed by atoms with Crippen LogP contribution in [0.15, 0.2) is 35.7 Å². The standard InChI is InChI=1S/C15H19FN2S/c1-3-17-10-12-6-7-15(14(16)9-12)18(2)11-13-5-4-8-19-13/h4-9,17H,3,10-11H2,1-2H3. The number of hydrogen-bond acceptors (Lipinski definition) is 3. The molecule has 1 aromatic heterocycles. The normalized spacial score (nSPS) is 10.7. The summed E-state index contributed by atoms with van der Waals surface area (Å²) in [6, 6.07) is 9.53. The fraction of sp³-hybridized carbons (Fsp3) is 0.333. The van der Waals surface area contributed by atoms with E-state index in [0.717, 1.165) is 18.7 Å². The molecule has 19 heavy (non-hydrogen) atoms. The molecule has 1 N–H and O–H groups in total. The lowest BCUT2D eigenvalue weighted by Gasteiger charge is -2.19. The predicted molar refractivity (Wildman–Crippen MR) is 80.2 cm³/mol. The second kappa shape index (κ2) is 6.68. The van der Waals surface area contributed by atoms with Crippen LogP contribution in [-0.4, -0.2) is 13.6 Å². The first-order chi connectivity index (χ1) is 9.20. The van der Waals surface area contributed by atoms with E-state index in [0.29, 0.717) is 12.2 Å². The molecular weight excluding hydrogens is 259 g/mol. The molecule has 0 saturated heterocycles. The highest BCUT2D eigenvalue weighted by atomic mass is 32.1. The van der Waals surface area contributed by atoms with Crippen molar-refractivity contribution in [3.63, 3.8) is 0 Å². The highest BCUT2D eigenvalue weighted by Crippen LogP contribution is 2.22. The summed E-state index contributed by atoms with van der Waals surface area (Å²) < 4.78 is 14.1. The van der Waals surface area contributed by atoms with Gasteiger partial charge in [0, 0.05) is 18.5 Å². The Balaban J connectivity index is 2.07. The van der Waals surface area contributed by atoms with Gasteiger partial charge >= 0.3 is 0 Å². The molecular formula is C15H19FN2S. The predicted octanol–water partition coefficient (Wildman–Crippen LogP) is 3.63. The van der Waals surface area contributed by atoms with Gasteiger partial charge in [-0.05, 0) is 35.7 Å². The van der Waals surface area contributed by atoms with Gasteiger partial charge in [-0.25, -0.2) is 4.39 Å². The van der Waals surface area contributed by atoms with Crippen LogP contribution in [0, 0.1) is 5.82 Å². The molecule has 0 atom stereocenters. The molecule has 0 unspecified atom stereocenters. The average molecular weight is 278 g/mol. The topological polar surface area (TPSA) is 15.3 Å². The van der Waals surface area contributed by atoms with Crippen molar-refractivity contribution >= 4 is 17.0 Å². The SMILES string of the molecule is CCNCc1ccc(N(C)Cc2cccs2)c(F)c1. The number of nitrogens with zero attached hydrogens (tertiary/aromatic N) is 1. The lowest BCUT2D eigenvalue weighted by Crippen LogP contribution is -2.17. The first-order valence-corrected chi connectivity index (χ1v) is 7.31. The quantitative estimate of drug-likeness (QED) is 0.868. The van der Waals surface area contributed by atoms with Crippen molar-refractivity contribution in [3.05, 3.63) is 52.0 Å². The molecule has 0 aliphatic carbocycles. The molecule has 0 aliphatic rings. The zero-order chi connectivity index (χ0) is 13.7. The lowest BCUT2D eigenvalue weighted by molar-refractivity contribution is 0.617. The van der Waals surface area contributed by atoms with Crippen molar-refractivity contribution in [2.75, 3.05) is 18.5 Å². The monoisotopic (exact) mass is 278 g/mol. The number of nitrogens with one attached hydrogen (secondary N) is 1. The second-order valence-corrected chi connectivity index (χ2v) is 5.53. The molecule has 0 bridgehead atoms. The van der Waals surface area contributed by atoms with Gasteiger partial charge < -0.3 is 10.2 Å². The molecule has 4 heteroatoms. The van der Waals surface area contributed by atoms with E-state index in [2.05, 4.69) is 11.4 Å². The second-order valence-electron chi connectivity index (χ2n) is 4.50. The van der Waals surface area contributed by atoms with Crippen LogP contribution in [0.2, 0.25) is 0 Å². The summed E-state index contributed by atoms with van der Waals surface area (Å²) in [4.78, 5) is 3.18. The maximum atomic E-state index is 14.1. The summed E-state index contributed by atoms with van der Waals surface area (Å²) in [6.45, 7) is 4.38. The van der Waals surface area contributed by atoms with E-state index in [4.69, 9.17) is 0 Å². The maximum Gasteiger partial charge on any atom is 0.146 e. The Kier molecular flexibility index (Phi) is 4.93. The number of benzene rings is 1. The summed E-state index contributed by atoms with van der Waals surface area (Å²) in [5.74, 6) is -0.158. The van der Waals surface area contributed by atoms with Gasteiger partial charge in [0.15, 0.2) is 0 Å². The minimum absolute atomic E-state index is 0.158. The third-order valence-corrected chi connectivity index (χ3v) is 3.84. The minimum atomic E-state index is -0.158. The van der Waals surface area contributed by atoms with Crippen LogP contribution in [0.5, 0.6) is 0 Å². The molecule has 0 amide bonds. The van der Waals surface area contributed by atoms with Crippen LogP contribution in [-0.2, 0) is 13.1 Å². The molecule has 1 aromatic carbocycles.